The Kier molecular flexibility index (Phi) is 8.35. The van der Waals surface area contributed by atoms with E-state index in [1.54, 1.807) is 0 Å². The normalized spacial score (nSPS) is 11.3. The van der Waals surface area contributed by atoms with Crippen molar-refractivity contribution in [2.45, 2.75) is 65.6 Å². The van der Waals surface area contributed by atoms with Gasteiger partial charge in [-0.25, -0.2) is 0 Å². The summed E-state index contributed by atoms with van der Waals surface area (Å²) in [4.78, 5) is 0. The lowest BCUT2D eigenvalue weighted by Crippen LogP contribution is -2.10. The summed E-state index contributed by atoms with van der Waals surface area (Å²) in [5.74, 6) is 0. The fourth-order valence-electron chi connectivity index (χ4n) is 1.14. The van der Waals surface area contributed by atoms with Crippen molar-refractivity contribution < 1.29 is 13.6 Å². The molecule has 84 valence electrons. The SMILES string of the molecule is CCC(CC)O[P+](=O)OC(CC)CC. The molecule has 4 heteroatoms. The number of hydrogen-bond donors (Lipinski definition) is 0. The molecule has 0 aliphatic rings. The highest BCUT2D eigenvalue weighted by Gasteiger charge is 2.28. The maximum absolute atomic E-state index is 11.4. The minimum Gasteiger partial charge on any atom is -0.116 e. The van der Waals surface area contributed by atoms with E-state index in [1.165, 1.54) is 0 Å². The molecule has 0 spiro atoms. The van der Waals surface area contributed by atoms with Crippen LogP contribution in [0.4, 0.5) is 0 Å². The van der Waals surface area contributed by atoms with Crippen molar-refractivity contribution in [3.05, 3.63) is 0 Å². The van der Waals surface area contributed by atoms with Gasteiger partial charge < -0.3 is 0 Å². The Morgan fingerprint density at radius 1 is 0.857 bits per heavy atom. The second-order valence-corrected chi connectivity index (χ2v) is 4.18. The van der Waals surface area contributed by atoms with Gasteiger partial charge in [0.15, 0.2) is 0 Å². The molecule has 0 radical (unpaired) electrons. The van der Waals surface area contributed by atoms with E-state index < -0.39 is 8.25 Å². The first-order valence-corrected chi connectivity index (χ1v) is 6.58. The van der Waals surface area contributed by atoms with Gasteiger partial charge in [-0.15, -0.1) is 9.05 Å². The van der Waals surface area contributed by atoms with Gasteiger partial charge in [0.25, 0.3) is 0 Å². The second kappa shape index (κ2) is 8.34. The smallest absolute Gasteiger partial charge is 0.116 e. The Bertz CT molecular complexity index is 137. The number of hydrogen-bond acceptors (Lipinski definition) is 3. The minimum absolute atomic E-state index is 0.0629. The molecule has 0 heterocycles. The molecule has 0 N–H and O–H groups in total. The van der Waals surface area contributed by atoms with Crippen LogP contribution in [0.2, 0.25) is 0 Å². The third-order valence-electron chi connectivity index (χ3n) is 2.29. The van der Waals surface area contributed by atoms with Crippen LogP contribution in [-0.4, -0.2) is 12.2 Å². The highest BCUT2D eigenvalue weighted by Crippen LogP contribution is 2.31. The Morgan fingerprint density at radius 3 is 1.36 bits per heavy atom. The maximum atomic E-state index is 11.4. The quantitative estimate of drug-likeness (QED) is 0.580. The van der Waals surface area contributed by atoms with Crippen LogP contribution >= 0.6 is 8.25 Å². The van der Waals surface area contributed by atoms with Gasteiger partial charge >= 0.3 is 8.25 Å². The molecular weight excluding hydrogens is 199 g/mol. The Hall–Kier alpha value is 0.0200. The summed E-state index contributed by atoms with van der Waals surface area (Å²) in [5, 5.41) is 0. The summed E-state index contributed by atoms with van der Waals surface area (Å²) in [7, 11) is -1.93. The van der Waals surface area contributed by atoms with Gasteiger partial charge in [-0.3, -0.25) is 0 Å². The van der Waals surface area contributed by atoms with E-state index in [4.69, 9.17) is 9.05 Å². The van der Waals surface area contributed by atoms with Crippen LogP contribution in [0.15, 0.2) is 0 Å². The summed E-state index contributed by atoms with van der Waals surface area (Å²) in [5.41, 5.74) is 0. The van der Waals surface area contributed by atoms with Gasteiger partial charge in [0, 0.05) is 4.57 Å². The van der Waals surface area contributed by atoms with Crippen molar-refractivity contribution >= 4 is 8.25 Å². The summed E-state index contributed by atoms with van der Waals surface area (Å²) in [6, 6.07) is 0. The highest BCUT2D eigenvalue weighted by molar-refractivity contribution is 7.33. The molecule has 0 saturated carbocycles. The van der Waals surface area contributed by atoms with E-state index in [2.05, 4.69) is 0 Å². The van der Waals surface area contributed by atoms with E-state index in [9.17, 15) is 4.57 Å². The lowest BCUT2D eigenvalue weighted by atomic mass is 10.2. The van der Waals surface area contributed by atoms with Crippen LogP contribution in [-0.2, 0) is 13.6 Å². The first kappa shape index (κ1) is 14.0. The van der Waals surface area contributed by atoms with Gasteiger partial charge in [-0.05, 0) is 25.7 Å². The average Bonchev–Trinajstić information content (AvgIpc) is 2.22. The highest BCUT2D eigenvalue weighted by atomic mass is 31.1. The van der Waals surface area contributed by atoms with Crippen molar-refractivity contribution in [3.8, 4) is 0 Å². The number of rotatable bonds is 8. The first-order valence-electron chi connectivity index (χ1n) is 5.48. The van der Waals surface area contributed by atoms with Gasteiger partial charge in [-0.1, -0.05) is 27.7 Å². The molecule has 0 bridgehead atoms. The zero-order valence-corrected chi connectivity index (χ0v) is 10.5. The molecule has 0 fully saturated rings. The third-order valence-corrected chi connectivity index (χ3v) is 3.23. The van der Waals surface area contributed by atoms with Crippen molar-refractivity contribution in [1.82, 2.24) is 0 Å². The molecule has 3 nitrogen and oxygen atoms in total. The fourth-order valence-corrected chi connectivity index (χ4v) is 2.28. The average molecular weight is 221 g/mol. The van der Waals surface area contributed by atoms with E-state index in [-0.39, 0.29) is 12.2 Å². The Balaban J connectivity index is 3.83. The van der Waals surface area contributed by atoms with E-state index in [0.717, 1.165) is 25.7 Å². The topological polar surface area (TPSA) is 35.5 Å². The summed E-state index contributed by atoms with van der Waals surface area (Å²) in [6.45, 7) is 8.09. The van der Waals surface area contributed by atoms with Crippen LogP contribution in [0.25, 0.3) is 0 Å². The molecule has 0 rings (SSSR count). The molecule has 0 aromatic rings. The Labute approximate surface area is 88.1 Å². The molecule has 0 unspecified atom stereocenters. The van der Waals surface area contributed by atoms with Crippen LogP contribution in [0.5, 0.6) is 0 Å². The summed E-state index contributed by atoms with van der Waals surface area (Å²) in [6.07, 6.45) is 3.64. The van der Waals surface area contributed by atoms with Crippen LogP contribution < -0.4 is 0 Å². The van der Waals surface area contributed by atoms with Crippen molar-refractivity contribution in [2.24, 2.45) is 0 Å². The minimum atomic E-state index is -1.93. The fraction of sp³-hybridized carbons (Fsp3) is 1.00. The lowest BCUT2D eigenvalue weighted by Gasteiger charge is -2.06. The van der Waals surface area contributed by atoms with Crippen molar-refractivity contribution in [2.75, 3.05) is 0 Å². The molecular formula is C10H22O3P+. The molecule has 0 aliphatic carbocycles. The van der Waals surface area contributed by atoms with Crippen LogP contribution in [0.3, 0.4) is 0 Å². The maximum Gasteiger partial charge on any atom is 0.697 e. The zero-order valence-electron chi connectivity index (χ0n) is 9.66. The van der Waals surface area contributed by atoms with Gasteiger partial charge in [0.2, 0.25) is 0 Å². The monoisotopic (exact) mass is 221 g/mol. The van der Waals surface area contributed by atoms with Gasteiger partial charge in [0.1, 0.15) is 12.2 Å². The molecule has 0 aliphatic heterocycles. The zero-order chi connectivity index (χ0) is 11.0. The first-order chi connectivity index (χ1) is 6.67. The van der Waals surface area contributed by atoms with Crippen molar-refractivity contribution in [1.29, 1.82) is 0 Å². The lowest BCUT2D eigenvalue weighted by molar-refractivity contribution is 0.121. The largest absolute Gasteiger partial charge is 0.697 e. The predicted molar refractivity (Wildman–Crippen MR) is 58.5 cm³/mol. The summed E-state index contributed by atoms with van der Waals surface area (Å²) < 4.78 is 21.9. The molecule has 0 amide bonds. The molecule has 0 aromatic heterocycles. The van der Waals surface area contributed by atoms with Crippen LogP contribution in [0.1, 0.15) is 53.4 Å². The molecule has 14 heavy (non-hydrogen) atoms. The van der Waals surface area contributed by atoms with E-state index >= 15 is 0 Å². The standard InChI is InChI=1S/C10H22O3P/c1-5-9(6-2)12-14(11)13-10(7-3)8-4/h9-10H,5-8H2,1-4H3/q+1. The predicted octanol–water partition coefficient (Wildman–Crippen LogP) is 4.05. The van der Waals surface area contributed by atoms with Crippen LogP contribution in [0, 0.1) is 0 Å². The third kappa shape index (κ3) is 5.69. The van der Waals surface area contributed by atoms with Crippen molar-refractivity contribution in [3.63, 3.8) is 0 Å². The molecule has 0 saturated heterocycles. The van der Waals surface area contributed by atoms with E-state index in [0.29, 0.717) is 0 Å². The Morgan fingerprint density at radius 2 is 1.14 bits per heavy atom. The van der Waals surface area contributed by atoms with E-state index in [1.807, 2.05) is 27.7 Å². The molecule has 0 atom stereocenters. The molecule has 0 aromatic carbocycles. The summed E-state index contributed by atoms with van der Waals surface area (Å²) >= 11 is 0. The van der Waals surface area contributed by atoms with Gasteiger partial charge in [-0.2, -0.15) is 0 Å². The second-order valence-electron chi connectivity index (χ2n) is 3.31. The van der Waals surface area contributed by atoms with Gasteiger partial charge in [0.05, 0.1) is 0 Å².